The lowest BCUT2D eigenvalue weighted by Gasteiger charge is -2.07. The molecule has 1 rings (SSSR count). The first kappa shape index (κ1) is 14.6. The first-order valence-electron chi connectivity index (χ1n) is 5.18. The minimum absolute atomic E-state index is 0.00785. The molecule has 9 heteroatoms. The van der Waals surface area contributed by atoms with Gasteiger partial charge >= 0.3 is 5.69 Å². The fraction of sp³-hybridized carbons (Fsp3) is 0.200. The average molecular weight is 284 g/mol. The second-order valence-electron chi connectivity index (χ2n) is 3.31. The number of benzene rings is 1. The van der Waals surface area contributed by atoms with E-state index in [2.05, 4.69) is 22.7 Å². The Kier molecular flexibility index (Phi) is 5.01. The van der Waals surface area contributed by atoms with Gasteiger partial charge in [0.05, 0.1) is 17.7 Å². The summed E-state index contributed by atoms with van der Waals surface area (Å²) >= 11 is 4.55. The zero-order chi connectivity index (χ0) is 14.4. The molecule has 102 valence electrons. The van der Waals surface area contributed by atoms with Gasteiger partial charge in [0.2, 0.25) is 5.75 Å². The van der Waals surface area contributed by atoms with Crippen molar-refractivity contribution in [1.82, 2.24) is 5.43 Å². The summed E-state index contributed by atoms with van der Waals surface area (Å²) in [5, 5.41) is 24.1. The van der Waals surface area contributed by atoms with Crippen molar-refractivity contribution < 1.29 is 14.8 Å². The molecule has 0 amide bonds. The standard InChI is InChI=1S/C10H12N4O4S/c1-2-18-8-4-6(5-12-13-10(11)19)3-7(9(8)15)14(16)17/h3-5,15H,2H2,1H3,(H3,11,13,19)/b12-5+. The van der Waals surface area contributed by atoms with E-state index < -0.39 is 16.4 Å². The maximum Gasteiger partial charge on any atom is 0.315 e. The summed E-state index contributed by atoms with van der Waals surface area (Å²) in [6.45, 7) is 1.96. The van der Waals surface area contributed by atoms with Crippen LogP contribution in [0.4, 0.5) is 5.69 Å². The van der Waals surface area contributed by atoms with Crippen molar-refractivity contribution in [1.29, 1.82) is 0 Å². The monoisotopic (exact) mass is 284 g/mol. The number of aromatic hydroxyl groups is 1. The predicted molar refractivity (Wildman–Crippen MR) is 73.4 cm³/mol. The van der Waals surface area contributed by atoms with Crippen LogP contribution in [0.3, 0.4) is 0 Å². The molecule has 0 aliphatic rings. The van der Waals surface area contributed by atoms with Crippen LogP contribution in [-0.2, 0) is 0 Å². The van der Waals surface area contributed by atoms with E-state index >= 15 is 0 Å². The van der Waals surface area contributed by atoms with Gasteiger partial charge in [0.15, 0.2) is 10.9 Å². The van der Waals surface area contributed by atoms with Gasteiger partial charge in [0, 0.05) is 11.6 Å². The second-order valence-corrected chi connectivity index (χ2v) is 3.75. The van der Waals surface area contributed by atoms with E-state index in [9.17, 15) is 15.2 Å². The number of ether oxygens (including phenoxy) is 1. The highest BCUT2D eigenvalue weighted by atomic mass is 32.1. The number of rotatable bonds is 5. The smallest absolute Gasteiger partial charge is 0.315 e. The summed E-state index contributed by atoms with van der Waals surface area (Å²) in [6, 6.07) is 2.57. The van der Waals surface area contributed by atoms with Crippen molar-refractivity contribution in [2.45, 2.75) is 6.92 Å². The van der Waals surface area contributed by atoms with E-state index in [0.29, 0.717) is 5.56 Å². The third kappa shape index (κ3) is 4.07. The molecule has 0 bridgehead atoms. The maximum absolute atomic E-state index is 10.8. The number of hydrazone groups is 1. The van der Waals surface area contributed by atoms with Gasteiger partial charge in [-0.3, -0.25) is 15.5 Å². The molecule has 0 saturated carbocycles. The van der Waals surface area contributed by atoms with E-state index in [-0.39, 0.29) is 17.5 Å². The fourth-order valence-corrected chi connectivity index (χ4v) is 1.32. The van der Waals surface area contributed by atoms with Gasteiger partial charge in [-0.1, -0.05) is 0 Å². The van der Waals surface area contributed by atoms with Crippen molar-refractivity contribution in [3.8, 4) is 11.5 Å². The molecule has 0 aromatic heterocycles. The van der Waals surface area contributed by atoms with Crippen LogP contribution in [0.5, 0.6) is 11.5 Å². The zero-order valence-corrected chi connectivity index (χ0v) is 10.8. The lowest BCUT2D eigenvalue weighted by molar-refractivity contribution is -0.386. The molecule has 0 radical (unpaired) electrons. The Hall–Kier alpha value is -2.42. The quantitative estimate of drug-likeness (QED) is 0.317. The van der Waals surface area contributed by atoms with E-state index in [4.69, 9.17) is 10.5 Å². The molecular formula is C10H12N4O4S. The van der Waals surface area contributed by atoms with Gasteiger partial charge in [-0.25, -0.2) is 0 Å². The summed E-state index contributed by atoms with van der Waals surface area (Å²) in [4.78, 5) is 10.1. The van der Waals surface area contributed by atoms with Crippen molar-refractivity contribution in [2.24, 2.45) is 10.8 Å². The summed E-state index contributed by atoms with van der Waals surface area (Å²) in [6.07, 6.45) is 1.27. The van der Waals surface area contributed by atoms with Crippen molar-refractivity contribution >= 4 is 29.2 Å². The number of thiocarbonyl (C=S) groups is 1. The molecule has 0 atom stereocenters. The van der Waals surface area contributed by atoms with E-state index in [1.807, 2.05) is 0 Å². The van der Waals surface area contributed by atoms with Crippen molar-refractivity contribution in [3.05, 3.63) is 27.8 Å². The number of nitro benzene ring substituents is 1. The molecule has 0 saturated heterocycles. The van der Waals surface area contributed by atoms with Gasteiger partial charge in [0.25, 0.3) is 0 Å². The number of nitrogens with zero attached hydrogens (tertiary/aromatic N) is 2. The van der Waals surface area contributed by atoms with Crippen molar-refractivity contribution in [3.63, 3.8) is 0 Å². The summed E-state index contributed by atoms with van der Waals surface area (Å²) in [7, 11) is 0. The molecule has 0 aliphatic heterocycles. The topological polar surface area (TPSA) is 123 Å². The largest absolute Gasteiger partial charge is 0.500 e. The van der Waals surface area contributed by atoms with Crippen LogP contribution in [-0.4, -0.2) is 28.0 Å². The highest BCUT2D eigenvalue weighted by Crippen LogP contribution is 2.36. The summed E-state index contributed by atoms with van der Waals surface area (Å²) in [5.41, 5.74) is 7.37. The number of nitrogens with one attached hydrogen (secondary N) is 1. The minimum atomic E-state index is -0.712. The SMILES string of the molecule is CCOc1cc(/C=N/NC(N)=S)cc([N+](=O)[O-])c1O. The highest BCUT2D eigenvalue weighted by Gasteiger charge is 2.19. The van der Waals surface area contributed by atoms with E-state index in [0.717, 1.165) is 6.07 Å². The molecule has 0 unspecified atom stereocenters. The van der Waals surface area contributed by atoms with Crippen LogP contribution in [0.1, 0.15) is 12.5 Å². The fourth-order valence-electron chi connectivity index (χ4n) is 1.26. The normalized spacial score (nSPS) is 10.4. The first-order valence-corrected chi connectivity index (χ1v) is 5.59. The highest BCUT2D eigenvalue weighted by molar-refractivity contribution is 7.80. The molecule has 8 nitrogen and oxygen atoms in total. The van der Waals surface area contributed by atoms with Crippen LogP contribution in [0.15, 0.2) is 17.2 Å². The van der Waals surface area contributed by atoms with Gasteiger partial charge in [-0.15, -0.1) is 0 Å². The molecule has 0 heterocycles. The molecule has 1 aromatic rings. The van der Waals surface area contributed by atoms with Gasteiger partial charge in [-0.05, 0) is 25.2 Å². The number of hydrogen-bond acceptors (Lipinski definition) is 6. The molecule has 0 aliphatic carbocycles. The lowest BCUT2D eigenvalue weighted by Crippen LogP contribution is -2.23. The molecule has 1 aromatic carbocycles. The molecule has 19 heavy (non-hydrogen) atoms. The third-order valence-electron chi connectivity index (χ3n) is 1.96. The average Bonchev–Trinajstić information content (AvgIpc) is 2.32. The zero-order valence-electron chi connectivity index (χ0n) is 9.99. The lowest BCUT2D eigenvalue weighted by atomic mass is 10.2. The molecular weight excluding hydrogens is 272 g/mol. The Morgan fingerprint density at radius 1 is 1.74 bits per heavy atom. The van der Waals surface area contributed by atoms with Gasteiger partial charge < -0.3 is 15.6 Å². The Labute approximate surface area is 114 Å². The summed E-state index contributed by atoms with van der Waals surface area (Å²) < 4.78 is 5.11. The Balaban J connectivity index is 3.14. The number of hydrogen-bond donors (Lipinski definition) is 3. The second kappa shape index (κ2) is 6.50. The van der Waals surface area contributed by atoms with Crippen LogP contribution < -0.4 is 15.9 Å². The molecule has 0 spiro atoms. The predicted octanol–water partition coefficient (Wildman–Crippen LogP) is 0.866. The molecule has 0 fully saturated rings. The summed E-state index contributed by atoms with van der Waals surface area (Å²) in [5.74, 6) is -0.514. The van der Waals surface area contributed by atoms with Crippen LogP contribution in [0, 0.1) is 10.1 Å². The number of nitro groups is 1. The number of phenols is 1. The first-order chi connectivity index (χ1) is 8.95. The van der Waals surface area contributed by atoms with Crippen molar-refractivity contribution in [2.75, 3.05) is 6.61 Å². The molecule has 4 N–H and O–H groups in total. The van der Waals surface area contributed by atoms with E-state index in [1.165, 1.54) is 12.3 Å². The van der Waals surface area contributed by atoms with Gasteiger partial charge in [0.1, 0.15) is 0 Å². The number of nitrogens with two attached hydrogens (primary N) is 1. The van der Waals surface area contributed by atoms with Crippen LogP contribution in [0.2, 0.25) is 0 Å². The van der Waals surface area contributed by atoms with Crippen LogP contribution >= 0.6 is 12.2 Å². The Morgan fingerprint density at radius 3 is 2.95 bits per heavy atom. The van der Waals surface area contributed by atoms with Crippen LogP contribution in [0.25, 0.3) is 0 Å². The van der Waals surface area contributed by atoms with E-state index in [1.54, 1.807) is 6.92 Å². The van der Waals surface area contributed by atoms with Gasteiger partial charge in [-0.2, -0.15) is 5.10 Å². The third-order valence-corrected chi connectivity index (χ3v) is 2.05. The Bertz CT molecular complexity index is 533. The Morgan fingerprint density at radius 2 is 2.42 bits per heavy atom. The maximum atomic E-state index is 10.8. The number of phenolic OH excluding ortho intramolecular Hbond substituents is 1. The minimum Gasteiger partial charge on any atom is -0.500 e.